The topological polar surface area (TPSA) is 26.3 Å². The highest BCUT2D eigenvalue weighted by atomic mass is 79.9. The van der Waals surface area contributed by atoms with Crippen LogP contribution in [0.25, 0.3) is 0 Å². The zero-order valence-corrected chi connectivity index (χ0v) is 12.6. The third-order valence-electron chi connectivity index (χ3n) is 2.62. The van der Waals surface area contributed by atoms with Crippen molar-refractivity contribution in [2.75, 3.05) is 0 Å². The Balaban J connectivity index is 2.07. The lowest BCUT2D eigenvalue weighted by Crippen LogP contribution is -2.23. The SMILES string of the molecule is CC(Oc1ccc(Br)cc1)C(=O)c1ccc(Cl)cc1. The monoisotopic (exact) mass is 338 g/mol. The fourth-order valence-electron chi connectivity index (χ4n) is 1.62. The van der Waals surface area contributed by atoms with Crippen LogP contribution in [-0.2, 0) is 0 Å². The highest BCUT2D eigenvalue weighted by Crippen LogP contribution is 2.19. The third-order valence-corrected chi connectivity index (χ3v) is 3.41. The fourth-order valence-corrected chi connectivity index (χ4v) is 2.01. The van der Waals surface area contributed by atoms with Gasteiger partial charge in [-0.3, -0.25) is 4.79 Å². The summed E-state index contributed by atoms with van der Waals surface area (Å²) in [6, 6.07) is 14.2. The molecule has 1 atom stereocenters. The summed E-state index contributed by atoms with van der Waals surface area (Å²) >= 11 is 9.14. The molecular weight excluding hydrogens is 328 g/mol. The van der Waals surface area contributed by atoms with Crippen LogP contribution < -0.4 is 4.74 Å². The van der Waals surface area contributed by atoms with Gasteiger partial charge >= 0.3 is 0 Å². The van der Waals surface area contributed by atoms with Gasteiger partial charge < -0.3 is 4.74 Å². The molecule has 98 valence electrons. The molecule has 2 nitrogen and oxygen atoms in total. The van der Waals surface area contributed by atoms with Gasteiger partial charge in [0.05, 0.1) is 0 Å². The molecule has 0 heterocycles. The predicted octanol–water partition coefficient (Wildman–Crippen LogP) is 4.75. The van der Waals surface area contributed by atoms with Gasteiger partial charge in [-0.05, 0) is 55.5 Å². The van der Waals surface area contributed by atoms with Gasteiger partial charge in [-0.1, -0.05) is 27.5 Å². The summed E-state index contributed by atoms with van der Waals surface area (Å²) in [7, 11) is 0. The molecule has 0 saturated carbocycles. The van der Waals surface area contributed by atoms with Crippen molar-refractivity contribution in [3.63, 3.8) is 0 Å². The second-order valence-corrected chi connectivity index (χ2v) is 5.44. The summed E-state index contributed by atoms with van der Waals surface area (Å²) in [5, 5.41) is 0.609. The van der Waals surface area contributed by atoms with Crippen molar-refractivity contribution in [1.29, 1.82) is 0 Å². The van der Waals surface area contributed by atoms with Crippen LogP contribution in [0.3, 0.4) is 0 Å². The van der Waals surface area contributed by atoms with Crippen LogP contribution in [0.1, 0.15) is 17.3 Å². The highest BCUT2D eigenvalue weighted by molar-refractivity contribution is 9.10. The molecule has 1 unspecified atom stereocenters. The second-order valence-electron chi connectivity index (χ2n) is 4.09. The van der Waals surface area contributed by atoms with Crippen LogP contribution in [0.15, 0.2) is 53.0 Å². The summed E-state index contributed by atoms with van der Waals surface area (Å²) in [4.78, 5) is 12.1. The number of hydrogen-bond acceptors (Lipinski definition) is 2. The molecule has 0 aliphatic carbocycles. The quantitative estimate of drug-likeness (QED) is 0.751. The first kappa shape index (κ1) is 14.1. The maximum absolute atomic E-state index is 12.1. The normalized spacial score (nSPS) is 11.9. The molecule has 0 spiro atoms. The molecular formula is C15H12BrClO2. The van der Waals surface area contributed by atoms with Gasteiger partial charge in [0.1, 0.15) is 5.75 Å². The first-order valence-electron chi connectivity index (χ1n) is 5.78. The van der Waals surface area contributed by atoms with Crippen molar-refractivity contribution < 1.29 is 9.53 Å². The zero-order valence-electron chi connectivity index (χ0n) is 10.3. The maximum Gasteiger partial charge on any atom is 0.202 e. The smallest absolute Gasteiger partial charge is 0.202 e. The number of Topliss-reactive ketones (excluding diaryl/α,β-unsaturated/α-hetero) is 1. The van der Waals surface area contributed by atoms with E-state index in [1.165, 1.54) is 0 Å². The minimum Gasteiger partial charge on any atom is -0.483 e. The number of halogens is 2. The average Bonchev–Trinajstić information content (AvgIpc) is 2.41. The van der Waals surface area contributed by atoms with E-state index in [4.69, 9.17) is 16.3 Å². The second kappa shape index (κ2) is 6.22. The van der Waals surface area contributed by atoms with E-state index in [2.05, 4.69) is 15.9 Å². The largest absolute Gasteiger partial charge is 0.483 e. The van der Waals surface area contributed by atoms with Gasteiger partial charge in [0.15, 0.2) is 6.10 Å². The Morgan fingerprint density at radius 1 is 1.11 bits per heavy atom. The molecule has 4 heteroatoms. The number of rotatable bonds is 4. The van der Waals surface area contributed by atoms with Crippen molar-refractivity contribution in [3.8, 4) is 5.75 Å². The van der Waals surface area contributed by atoms with Gasteiger partial charge in [-0.15, -0.1) is 0 Å². The van der Waals surface area contributed by atoms with E-state index < -0.39 is 6.10 Å². The van der Waals surface area contributed by atoms with Gasteiger partial charge in [0, 0.05) is 15.1 Å². The Morgan fingerprint density at radius 2 is 1.68 bits per heavy atom. The molecule has 0 amide bonds. The fraction of sp³-hybridized carbons (Fsp3) is 0.133. The summed E-state index contributed by atoms with van der Waals surface area (Å²) in [5.41, 5.74) is 0.592. The Hall–Kier alpha value is -1.32. The molecule has 2 aromatic carbocycles. The van der Waals surface area contributed by atoms with Crippen LogP contribution >= 0.6 is 27.5 Å². The lowest BCUT2D eigenvalue weighted by Gasteiger charge is -2.13. The standard InChI is InChI=1S/C15H12BrClO2/c1-10(19-14-8-4-12(16)5-9-14)15(18)11-2-6-13(17)7-3-11/h2-10H,1H3. The molecule has 0 fully saturated rings. The first-order chi connectivity index (χ1) is 9.06. The van der Waals surface area contributed by atoms with E-state index in [1.54, 1.807) is 31.2 Å². The number of ether oxygens (including phenoxy) is 1. The van der Waals surface area contributed by atoms with Crippen LogP contribution in [0.4, 0.5) is 0 Å². The van der Waals surface area contributed by atoms with Crippen molar-refractivity contribution >= 4 is 33.3 Å². The van der Waals surface area contributed by atoms with Gasteiger partial charge in [-0.25, -0.2) is 0 Å². The number of carbonyl (C=O) groups excluding carboxylic acids is 1. The van der Waals surface area contributed by atoms with Crippen LogP contribution in [0, 0.1) is 0 Å². The molecule has 0 bridgehead atoms. The first-order valence-corrected chi connectivity index (χ1v) is 6.95. The number of ketones is 1. The van der Waals surface area contributed by atoms with E-state index in [9.17, 15) is 4.79 Å². The zero-order chi connectivity index (χ0) is 13.8. The Bertz CT molecular complexity index is 564. The summed E-state index contributed by atoms with van der Waals surface area (Å²) in [6.07, 6.45) is -0.539. The predicted molar refractivity (Wildman–Crippen MR) is 80.0 cm³/mol. The van der Waals surface area contributed by atoms with E-state index in [0.717, 1.165) is 4.47 Å². The molecule has 2 aromatic rings. The number of hydrogen-bond donors (Lipinski definition) is 0. The number of benzene rings is 2. The van der Waals surface area contributed by atoms with E-state index >= 15 is 0 Å². The minimum atomic E-state index is -0.539. The summed E-state index contributed by atoms with van der Waals surface area (Å²) in [5.74, 6) is 0.595. The van der Waals surface area contributed by atoms with E-state index in [-0.39, 0.29) is 5.78 Å². The highest BCUT2D eigenvalue weighted by Gasteiger charge is 2.16. The van der Waals surface area contributed by atoms with Gasteiger partial charge in [0.2, 0.25) is 5.78 Å². The minimum absolute atomic E-state index is 0.0698. The summed E-state index contributed by atoms with van der Waals surface area (Å²) < 4.78 is 6.58. The third kappa shape index (κ3) is 3.82. The van der Waals surface area contributed by atoms with E-state index in [0.29, 0.717) is 16.3 Å². The van der Waals surface area contributed by atoms with Crippen molar-refractivity contribution in [3.05, 3.63) is 63.6 Å². The molecule has 0 radical (unpaired) electrons. The molecule has 0 aliphatic heterocycles. The van der Waals surface area contributed by atoms with Gasteiger partial charge in [-0.2, -0.15) is 0 Å². The average molecular weight is 340 g/mol. The number of carbonyl (C=O) groups is 1. The van der Waals surface area contributed by atoms with Crippen molar-refractivity contribution in [1.82, 2.24) is 0 Å². The van der Waals surface area contributed by atoms with Crippen LogP contribution in [0.2, 0.25) is 5.02 Å². The summed E-state index contributed by atoms with van der Waals surface area (Å²) in [6.45, 7) is 1.74. The van der Waals surface area contributed by atoms with Crippen LogP contribution in [-0.4, -0.2) is 11.9 Å². The van der Waals surface area contributed by atoms with E-state index in [1.807, 2.05) is 24.3 Å². The van der Waals surface area contributed by atoms with Gasteiger partial charge in [0.25, 0.3) is 0 Å². The molecule has 0 saturated heterocycles. The lowest BCUT2D eigenvalue weighted by molar-refractivity contribution is 0.0818. The Morgan fingerprint density at radius 3 is 2.26 bits per heavy atom. The molecule has 0 aliphatic rings. The van der Waals surface area contributed by atoms with Crippen LogP contribution in [0.5, 0.6) is 5.75 Å². The molecule has 2 rings (SSSR count). The Labute approximate surface area is 125 Å². The van der Waals surface area contributed by atoms with Crippen molar-refractivity contribution in [2.24, 2.45) is 0 Å². The lowest BCUT2D eigenvalue weighted by atomic mass is 10.1. The molecule has 0 aromatic heterocycles. The molecule has 0 N–H and O–H groups in total. The molecule has 19 heavy (non-hydrogen) atoms. The Kier molecular flexibility index (Phi) is 4.61. The van der Waals surface area contributed by atoms with Crippen molar-refractivity contribution in [2.45, 2.75) is 13.0 Å². The maximum atomic E-state index is 12.1.